The Balaban J connectivity index is 1.20. The van der Waals surface area contributed by atoms with E-state index in [0.29, 0.717) is 22.7 Å². The second-order valence-corrected chi connectivity index (χ2v) is 35.9. The van der Waals surface area contributed by atoms with Crippen LogP contribution >= 0.6 is 0 Å². The standard InChI is InChI=1S/C87H105NO30Si/c1-52-71(109-57(6)93)77(104-47-61-34-22-14-23-35-61)79(105-48-62-36-24-15-25-37-62)84(106-52)116-74-67(50-101-46-60-32-20-13-21-33-60)112-85(80(114-82(97)64-40-28-17-29-41-64)78(74)113-81(96)63-38-26-16-27-39-63)115-73-66(49-100-45-59-30-18-12-19-31-59)111-83(102-42-43-119(9,10)11)70(95)76(73)118-87(86(98)99-8)44-65(107-55(4)91)69(88-53(2)89)75(117-87)72(110-58(7)94)68(108-56(5)92)51-103-54(3)90/h12-41,52,65-80,83-85,95H,42-51H2,1-11H3,(H,88,89)/t52-,65-,66+,67+,68+,69+,70+,71-,72+,73-,74+,75+,76+,77+,78-,79+,80+,83+,84+,85-,87-/m0/s1. The average Bonchev–Trinajstić information content (AvgIpc) is 0.742. The third-order valence-electron chi connectivity index (χ3n) is 19.6. The first-order valence-corrected chi connectivity index (χ1v) is 42.9. The summed E-state index contributed by atoms with van der Waals surface area (Å²) in [6.45, 7) is 12.0. The summed E-state index contributed by atoms with van der Waals surface area (Å²) in [4.78, 5) is 126. The van der Waals surface area contributed by atoms with E-state index in [1.165, 1.54) is 31.2 Å². The van der Waals surface area contributed by atoms with Crippen LogP contribution in [0.2, 0.25) is 25.7 Å². The zero-order valence-corrected chi connectivity index (χ0v) is 69.2. The molecule has 21 atom stereocenters. The topological polar surface area (TPSA) is 370 Å². The van der Waals surface area contributed by atoms with E-state index in [4.69, 9.17) is 94.7 Å². The van der Waals surface area contributed by atoms with Gasteiger partial charge in [-0.25, -0.2) is 14.4 Å². The number of amides is 1. The summed E-state index contributed by atoms with van der Waals surface area (Å²) in [7, 11) is -1.07. The highest BCUT2D eigenvalue weighted by atomic mass is 28.3. The molecule has 4 saturated heterocycles. The first-order chi connectivity index (χ1) is 57.0. The van der Waals surface area contributed by atoms with Crippen LogP contribution in [0.1, 0.15) is 97.9 Å². The second kappa shape index (κ2) is 44.0. The van der Waals surface area contributed by atoms with Gasteiger partial charge >= 0.3 is 47.8 Å². The number of ether oxygens (including phenoxy) is 20. The highest BCUT2D eigenvalue weighted by molar-refractivity contribution is 6.76. The van der Waals surface area contributed by atoms with Crippen LogP contribution in [0.5, 0.6) is 0 Å². The van der Waals surface area contributed by atoms with Gasteiger partial charge in [0.1, 0.15) is 67.6 Å². The van der Waals surface area contributed by atoms with Gasteiger partial charge in [-0.2, -0.15) is 0 Å². The van der Waals surface area contributed by atoms with Gasteiger partial charge in [0.25, 0.3) is 5.79 Å². The van der Waals surface area contributed by atoms with Crippen molar-refractivity contribution < 1.29 is 143 Å². The Hall–Kier alpha value is -9.75. The molecule has 0 unspecified atom stereocenters. The molecule has 0 aromatic heterocycles. The molecule has 1 amide bonds. The first kappa shape index (κ1) is 91.6. The van der Waals surface area contributed by atoms with E-state index in [0.717, 1.165) is 47.3 Å². The Bertz CT molecular complexity index is 4250. The third kappa shape index (κ3) is 26.4. The SMILES string of the molecule is COC(=O)[C@@]1(O[C@@H]2[C@@H](O)[C@H](OCC[Si](C)(C)C)O[C@H](COCc3ccccc3)[C@@H]2O[C@@H]2O[C@H](COCc3ccccc3)[C@@H](O[C@H]3O[C@@H](C)[C@H](OC(C)=O)[C@@H](OCc4ccccc4)[C@H]3OCc3ccccc3)[C@H](OC(=O)c3ccccc3)[C@H]2OC(=O)c2ccccc2)C[C@H](OC(C)=O)[C@@H](NC(C)=O)[C@H]([C@H](OC(C)=O)[C@@H](COC(C)=O)OC(C)=O)O1. The number of methoxy groups -OCH3 is 1. The Morgan fingerprint density at radius 2 is 0.941 bits per heavy atom. The van der Waals surface area contributed by atoms with Crippen LogP contribution in [0.3, 0.4) is 0 Å². The van der Waals surface area contributed by atoms with Crippen LogP contribution in [-0.4, -0.2) is 229 Å². The predicted molar refractivity (Wildman–Crippen MR) is 421 cm³/mol. The van der Waals surface area contributed by atoms with E-state index < -0.39 is 216 Å². The average molecular weight is 1670 g/mol. The number of aliphatic hydroxyl groups excluding tert-OH is 1. The molecule has 0 spiro atoms. The zero-order chi connectivity index (χ0) is 85.3. The van der Waals surface area contributed by atoms with Gasteiger partial charge in [0.15, 0.2) is 49.4 Å². The van der Waals surface area contributed by atoms with E-state index in [2.05, 4.69) is 25.0 Å². The minimum absolute atomic E-state index is 0.00770. The number of esters is 8. The Morgan fingerprint density at radius 3 is 1.40 bits per heavy atom. The molecule has 0 aliphatic carbocycles. The fourth-order valence-corrected chi connectivity index (χ4v) is 14.9. The van der Waals surface area contributed by atoms with Gasteiger partial charge in [0, 0.05) is 56.2 Å². The molecular formula is C87H105NO30Si. The predicted octanol–water partition coefficient (Wildman–Crippen LogP) is 8.56. The highest BCUT2D eigenvalue weighted by Crippen LogP contribution is 2.44. The van der Waals surface area contributed by atoms with Crippen LogP contribution in [0, 0.1) is 0 Å². The molecule has 4 aliphatic heterocycles. The maximum atomic E-state index is 15.6. The molecule has 6 aromatic carbocycles. The number of nitrogens with one attached hydrogen (secondary N) is 1. The zero-order valence-electron chi connectivity index (χ0n) is 68.2. The normalized spacial score (nSPS) is 27.3. The molecule has 0 bridgehead atoms. The van der Waals surface area contributed by atoms with Gasteiger partial charge in [-0.3, -0.25) is 28.8 Å². The third-order valence-corrected chi connectivity index (χ3v) is 21.3. The lowest BCUT2D eigenvalue weighted by Gasteiger charge is -2.53. The minimum atomic E-state index is -3.11. The van der Waals surface area contributed by atoms with Crippen molar-refractivity contribution in [1.82, 2.24) is 5.32 Å². The number of rotatable bonds is 38. The fraction of sp³-hybridized carbons (Fsp3) is 0.483. The number of carbonyl (C=O) groups excluding carboxylic acids is 9. The van der Waals surface area contributed by atoms with Crippen molar-refractivity contribution in [2.75, 3.05) is 33.5 Å². The summed E-state index contributed by atoms with van der Waals surface area (Å²) >= 11 is 0. The van der Waals surface area contributed by atoms with Gasteiger partial charge in [-0.1, -0.05) is 177 Å². The van der Waals surface area contributed by atoms with Crippen LogP contribution in [0.25, 0.3) is 0 Å². The maximum absolute atomic E-state index is 15.6. The van der Waals surface area contributed by atoms with Crippen LogP contribution < -0.4 is 5.32 Å². The molecule has 119 heavy (non-hydrogen) atoms. The number of carbonyl (C=O) groups is 9. The van der Waals surface area contributed by atoms with Gasteiger partial charge in [-0.15, -0.1) is 0 Å². The van der Waals surface area contributed by atoms with E-state index in [1.807, 2.05) is 78.9 Å². The van der Waals surface area contributed by atoms with Gasteiger partial charge < -0.3 is 105 Å². The van der Waals surface area contributed by atoms with Crippen molar-refractivity contribution in [2.24, 2.45) is 0 Å². The van der Waals surface area contributed by atoms with Crippen LogP contribution in [0.4, 0.5) is 0 Å². The largest absolute Gasteiger partial charge is 0.465 e. The Morgan fingerprint density at radius 1 is 0.487 bits per heavy atom. The summed E-state index contributed by atoms with van der Waals surface area (Å²) in [5, 5.41) is 16.2. The second-order valence-electron chi connectivity index (χ2n) is 30.3. The van der Waals surface area contributed by atoms with Crippen LogP contribution in [-0.2, 0) is 155 Å². The number of hydrogen-bond acceptors (Lipinski definition) is 30. The molecule has 0 saturated carbocycles. The molecule has 32 heteroatoms. The summed E-state index contributed by atoms with van der Waals surface area (Å²) in [6.07, 6.45) is -34.4. The molecule has 4 fully saturated rings. The maximum Gasteiger partial charge on any atom is 0.366 e. The molecule has 2 N–H and O–H groups in total. The van der Waals surface area contributed by atoms with Crippen molar-refractivity contribution in [3.63, 3.8) is 0 Å². The van der Waals surface area contributed by atoms with Crippen molar-refractivity contribution in [3.05, 3.63) is 215 Å². The van der Waals surface area contributed by atoms with E-state index >= 15 is 14.4 Å². The summed E-state index contributed by atoms with van der Waals surface area (Å²) in [5.41, 5.74) is 2.74. The molecule has 10 rings (SSSR count). The van der Waals surface area contributed by atoms with Crippen molar-refractivity contribution in [2.45, 2.75) is 235 Å². The lowest BCUT2D eigenvalue weighted by molar-refractivity contribution is -0.400. The quantitative estimate of drug-likeness (QED) is 0.0208. The van der Waals surface area contributed by atoms with Crippen LogP contribution in [0.15, 0.2) is 182 Å². The van der Waals surface area contributed by atoms with E-state index in [1.54, 1.807) is 85.8 Å². The lowest BCUT2D eigenvalue weighted by atomic mass is 9.87. The summed E-state index contributed by atoms with van der Waals surface area (Å²) < 4.78 is 132. The Labute approximate surface area is 691 Å². The van der Waals surface area contributed by atoms with Crippen molar-refractivity contribution in [3.8, 4) is 0 Å². The van der Waals surface area contributed by atoms with Gasteiger partial charge in [0.2, 0.25) is 5.91 Å². The first-order valence-electron chi connectivity index (χ1n) is 39.2. The van der Waals surface area contributed by atoms with E-state index in [-0.39, 0.29) is 44.2 Å². The Kier molecular flexibility index (Phi) is 33.8. The van der Waals surface area contributed by atoms with Crippen molar-refractivity contribution in [1.29, 1.82) is 0 Å². The summed E-state index contributed by atoms with van der Waals surface area (Å²) in [5.74, 6) is -12.1. The molecular weight excluding hydrogens is 1570 g/mol. The molecule has 642 valence electrons. The molecule has 6 aromatic rings. The highest BCUT2D eigenvalue weighted by Gasteiger charge is 2.64. The van der Waals surface area contributed by atoms with Gasteiger partial charge in [0.05, 0.1) is 76.4 Å². The minimum Gasteiger partial charge on any atom is -0.465 e. The molecule has 4 heterocycles. The number of aliphatic hydroxyl groups is 1. The van der Waals surface area contributed by atoms with E-state index in [9.17, 15) is 33.9 Å². The van der Waals surface area contributed by atoms with Crippen molar-refractivity contribution >= 4 is 61.7 Å². The summed E-state index contributed by atoms with van der Waals surface area (Å²) in [6, 6.07) is 50.7. The lowest BCUT2D eigenvalue weighted by Crippen LogP contribution is -2.72. The number of hydrogen-bond donors (Lipinski definition) is 2. The van der Waals surface area contributed by atoms with Gasteiger partial charge in [-0.05, 0) is 59.5 Å². The molecule has 31 nitrogen and oxygen atoms in total. The molecule has 0 radical (unpaired) electrons. The smallest absolute Gasteiger partial charge is 0.366 e. The number of benzene rings is 6. The fourth-order valence-electron chi connectivity index (χ4n) is 14.1. The molecule has 4 aliphatic rings. The monoisotopic (exact) mass is 1670 g/mol.